The van der Waals surface area contributed by atoms with Crippen LogP contribution in [0.25, 0.3) is 0 Å². The van der Waals surface area contributed by atoms with Crippen molar-refractivity contribution in [3.05, 3.63) is 22.8 Å². The van der Waals surface area contributed by atoms with Crippen molar-refractivity contribution in [2.45, 2.75) is 33.1 Å². The van der Waals surface area contributed by atoms with Crippen LogP contribution in [0.1, 0.15) is 35.6 Å². The second kappa shape index (κ2) is 3.96. The predicted molar refractivity (Wildman–Crippen MR) is 58.0 cm³/mol. The van der Waals surface area contributed by atoms with Gasteiger partial charge in [-0.2, -0.15) is 0 Å². The molecule has 15 heavy (non-hydrogen) atoms. The molecule has 0 spiro atoms. The Hall–Kier alpha value is -1.45. The fourth-order valence-corrected chi connectivity index (χ4v) is 2.09. The largest absolute Gasteiger partial charge is 0.399 e. The van der Waals surface area contributed by atoms with Crippen molar-refractivity contribution in [3.63, 3.8) is 0 Å². The number of aromatic nitrogens is 2. The lowest BCUT2D eigenvalue weighted by molar-refractivity contribution is 0.212. The lowest BCUT2D eigenvalue weighted by Crippen LogP contribution is -2.17. The minimum Gasteiger partial charge on any atom is -0.399 e. The molecule has 0 saturated carbocycles. The van der Waals surface area contributed by atoms with Crippen molar-refractivity contribution < 1.29 is 4.84 Å². The summed E-state index contributed by atoms with van der Waals surface area (Å²) >= 11 is 0. The van der Waals surface area contributed by atoms with Crippen LogP contribution >= 0.6 is 0 Å². The normalized spacial score (nSPS) is 17.7. The van der Waals surface area contributed by atoms with Crippen molar-refractivity contribution in [1.29, 1.82) is 0 Å². The first-order valence-corrected chi connectivity index (χ1v) is 5.17. The zero-order chi connectivity index (χ0) is 10.8. The van der Waals surface area contributed by atoms with E-state index in [9.17, 15) is 0 Å². The summed E-state index contributed by atoms with van der Waals surface area (Å²) in [5, 5.41) is 4.05. The van der Waals surface area contributed by atoms with Crippen LogP contribution in [-0.2, 0) is 11.3 Å². The van der Waals surface area contributed by atoms with Crippen molar-refractivity contribution in [1.82, 2.24) is 9.97 Å². The number of fused-ring (bicyclic) bond motifs is 1. The van der Waals surface area contributed by atoms with Crippen molar-refractivity contribution in [3.8, 4) is 0 Å². The molecule has 0 aromatic carbocycles. The van der Waals surface area contributed by atoms with Crippen LogP contribution in [0, 0.1) is 13.8 Å². The molecule has 80 valence electrons. The molecular weight excluding hydrogens is 190 g/mol. The van der Waals surface area contributed by atoms with E-state index in [2.05, 4.69) is 15.1 Å². The predicted octanol–water partition coefficient (Wildman–Crippen LogP) is 1.78. The zero-order valence-corrected chi connectivity index (χ0v) is 9.37. The third kappa shape index (κ3) is 1.84. The number of oxime groups is 1. The van der Waals surface area contributed by atoms with Crippen molar-refractivity contribution >= 4 is 5.71 Å². The van der Waals surface area contributed by atoms with Crippen molar-refractivity contribution in [2.75, 3.05) is 7.11 Å². The summed E-state index contributed by atoms with van der Waals surface area (Å²) in [7, 11) is 1.58. The Kier molecular flexibility index (Phi) is 2.66. The number of rotatable bonds is 1. The molecule has 0 unspecified atom stereocenters. The molecule has 2 rings (SSSR count). The average Bonchev–Trinajstić information content (AvgIpc) is 2.17. The van der Waals surface area contributed by atoms with E-state index in [1.165, 1.54) is 0 Å². The SMILES string of the molecule is CON=C1CCCc2nc(C)nc(C)c21. The number of hydrogen-bond acceptors (Lipinski definition) is 4. The Morgan fingerprint density at radius 3 is 2.73 bits per heavy atom. The highest BCUT2D eigenvalue weighted by atomic mass is 16.6. The Labute approximate surface area is 89.4 Å². The van der Waals surface area contributed by atoms with E-state index < -0.39 is 0 Å². The van der Waals surface area contributed by atoms with E-state index in [1.807, 2.05) is 13.8 Å². The van der Waals surface area contributed by atoms with Gasteiger partial charge in [-0.1, -0.05) is 5.16 Å². The van der Waals surface area contributed by atoms with Crippen molar-refractivity contribution in [2.24, 2.45) is 5.16 Å². The minimum atomic E-state index is 0.838. The molecule has 4 heteroatoms. The lowest BCUT2D eigenvalue weighted by atomic mass is 9.93. The van der Waals surface area contributed by atoms with Gasteiger partial charge in [0.05, 0.1) is 17.1 Å². The molecule has 0 saturated heterocycles. The van der Waals surface area contributed by atoms with Gasteiger partial charge in [0.25, 0.3) is 0 Å². The van der Waals surface area contributed by atoms with Gasteiger partial charge in [0, 0.05) is 5.56 Å². The van der Waals surface area contributed by atoms with Crippen LogP contribution in [0.2, 0.25) is 0 Å². The second-order valence-corrected chi connectivity index (χ2v) is 3.75. The third-order valence-electron chi connectivity index (χ3n) is 2.59. The van der Waals surface area contributed by atoms with E-state index >= 15 is 0 Å². The molecule has 0 N–H and O–H groups in total. The summed E-state index contributed by atoms with van der Waals surface area (Å²) in [5.41, 5.74) is 4.19. The molecule has 1 aliphatic carbocycles. The van der Waals surface area contributed by atoms with E-state index in [4.69, 9.17) is 4.84 Å². The molecule has 1 aromatic heterocycles. The van der Waals surface area contributed by atoms with E-state index in [1.54, 1.807) is 7.11 Å². The van der Waals surface area contributed by atoms with E-state index in [0.29, 0.717) is 0 Å². The highest BCUT2D eigenvalue weighted by Gasteiger charge is 2.20. The molecule has 4 nitrogen and oxygen atoms in total. The van der Waals surface area contributed by atoms with Crippen LogP contribution in [0.5, 0.6) is 0 Å². The molecule has 0 radical (unpaired) electrons. The van der Waals surface area contributed by atoms with Crippen LogP contribution in [0.4, 0.5) is 0 Å². The van der Waals surface area contributed by atoms with Gasteiger partial charge in [-0.05, 0) is 33.1 Å². The number of aryl methyl sites for hydroxylation is 3. The van der Waals surface area contributed by atoms with Crippen LogP contribution in [0.3, 0.4) is 0 Å². The Morgan fingerprint density at radius 1 is 1.20 bits per heavy atom. The first-order chi connectivity index (χ1) is 7.22. The molecule has 0 fully saturated rings. The van der Waals surface area contributed by atoms with Crippen LogP contribution in [0.15, 0.2) is 5.16 Å². The summed E-state index contributed by atoms with van der Waals surface area (Å²) in [5.74, 6) is 0.838. The maximum atomic E-state index is 4.86. The Balaban J connectivity index is 2.56. The average molecular weight is 205 g/mol. The van der Waals surface area contributed by atoms with Gasteiger partial charge < -0.3 is 4.84 Å². The van der Waals surface area contributed by atoms with Crippen LogP contribution in [-0.4, -0.2) is 22.8 Å². The topological polar surface area (TPSA) is 47.4 Å². The molecule has 0 aliphatic heterocycles. The van der Waals surface area contributed by atoms with Gasteiger partial charge in [0.2, 0.25) is 0 Å². The van der Waals surface area contributed by atoms with Gasteiger partial charge in [-0.25, -0.2) is 9.97 Å². The quantitative estimate of drug-likeness (QED) is 0.656. The van der Waals surface area contributed by atoms with E-state index in [0.717, 1.165) is 47.7 Å². The molecule has 0 atom stereocenters. The van der Waals surface area contributed by atoms with Gasteiger partial charge in [-0.3, -0.25) is 0 Å². The summed E-state index contributed by atoms with van der Waals surface area (Å²) < 4.78 is 0. The third-order valence-corrected chi connectivity index (χ3v) is 2.59. The highest BCUT2D eigenvalue weighted by Crippen LogP contribution is 2.22. The first kappa shape index (κ1) is 10.1. The standard InChI is InChI=1S/C11H15N3O/c1-7-11-9(13-8(2)12-7)5-4-6-10(11)14-15-3/h4-6H2,1-3H3. The maximum Gasteiger partial charge on any atom is 0.125 e. The smallest absolute Gasteiger partial charge is 0.125 e. The first-order valence-electron chi connectivity index (χ1n) is 5.17. The van der Waals surface area contributed by atoms with Gasteiger partial charge >= 0.3 is 0 Å². The van der Waals surface area contributed by atoms with Gasteiger partial charge in [0.15, 0.2) is 0 Å². The molecular formula is C11H15N3O. The van der Waals surface area contributed by atoms with Gasteiger partial charge in [-0.15, -0.1) is 0 Å². The number of hydrogen-bond donors (Lipinski definition) is 0. The minimum absolute atomic E-state index is 0.838. The summed E-state index contributed by atoms with van der Waals surface area (Å²) in [6, 6.07) is 0. The molecule has 1 aliphatic rings. The molecule has 0 bridgehead atoms. The number of nitrogens with zero attached hydrogens (tertiary/aromatic N) is 3. The lowest BCUT2D eigenvalue weighted by Gasteiger charge is -2.18. The molecule has 1 aromatic rings. The fourth-order valence-electron chi connectivity index (χ4n) is 2.09. The second-order valence-electron chi connectivity index (χ2n) is 3.75. The fraction of sp³-hybridized carbons (Fsp3) is 0.545. The summed E-state index contributed by atoms with van der Waals surface area (Å²) in [6.07, 6.45) is 3.06. The Bertz CT molecular complexity index is 413. The highest BCUT2D eigenvalue weighted by molar-refractivity contribution is 6.02. The monoisotopic (exact) mass is 205 g/mol. The zero-order valence-electron chi connectivity index (χ0n) is 9.37. The summed E-state index contributed by atoms with van der Waals surface area (Å²) in [4.78, 5) is 13.7. The maximum absolute atomic E-state index is 4.86. The van der Waals surface area contributed by atoms with Crippen LogP contribution < -0.4 is 0 Å². The van der Waals surface area contributed by atoms with Gasteiger partial charge in [0.1, 0.15) is 12.9 Å². The molecule has 1 heterocycles. The molecule has 0 amide bonds. The summed E-state index contributed by atoms with van der Waals surface area (Å²) in [6.45, 7) is 3.93. The Morgan fingerprint density at radius 2 is 2.00 bits per heavy atom. The van der Waals surface area contributed by atoms with E-state index in [-0.39, 0.29) is 0 Å².